The lowest BCUT2D eigenvalue weighted by Crippen LogP contribution is -2.36. The second-order valence-electron chi connectivity index (χ2n) is 5.73. The summed E-state index contributed by atoms with van der Waals surface area (Å²) in [7, 11) is 3.54. The summed E-state index contributed by atoms with van der Waals surface area (Å²) in [6.45, 7) is 0.860. The number of ether oxygens (including phenoxy) is 1. The van der Waals surface area contributed by atoms with Crippen molar-refractivity contribution in [2.45, 2.75) is 6.42 Å². The van der Waals surface area contributed by atoms with Crippen LogP contribution >= 0.6 is 11.3 Å². The quantitative estimate of drug-likeness (QED) is 0.708. The van der Waals surface area contributed by atoms with Crippen LogP contribution in [-0.2, 0) is 11.2 Å². The zero-order chi connectivity index (χ0) is 17.6. The molecule has 25 heavy (non-hydrogen) atoms. The fourth-order valence-corrected chi connectivity index (χ4v) is 3.53. The van der Waals surface area contributed by atoms with Gasteiger partial charge in [-0.2, -0.15) is 0 Å². The Kier molecular flexibility index (Phi) is 5.50. The fraction of sp³-hybridized carbons (Fsp3) is 0.263. The normalized spacial score (nSPS) is 10.6. The van der Waals surface area contributed by atoms with E-state index in [2.05, 4.69) is 10.3 Å². The van der Waals surface area contributed by atoms with Crippen LogP contribution in [0, 0.1) is 0 Å². The lowest BCUT2D eigenvalue weighted by Gasteiger charge is -2.15. The Hall–Kier alpha value is -2.60. The van der Waals surface area contributed by atoms with Crippen LogP contribution in [0.15, 0.2) is 48.5 Å². The maximum Gasteiger partial charge on any atom is 0.239 e. The number of nitrogens with one attached hydrogen (secondary N) is 1. The molecule has 0 bridgehead atoms. The molecule has 0 aliphatic carbocycles. The monoisotopic (exact) mass is 355 g/mol. The van der Waals surface area contributed by atoms with Gasteiger partial charge in [0.05, 0.1) is 23.9 Å². The van der Waals surface area contributed by atoms with Crippen LogP contribution in [0.2, 0.25) is 0 Å². The van der Waals surface area contributed by atoms with E-state index in [4.69, 9.17) is 4.74 Å². The predicted octanol–water partition coefficient (Wildman–Crippen LogP) is 3.10. The lowest BCUT2D eigenvalue weighted by atomic mass is 10.1. The van der Waals surface area contributed by atoms with Crippen molar-refractivity contribution in [2.24, 2.45) is 0 Å². The number of likely N-dealkylation sites (N-methyl/N-ethyl adjacent to an activating group) is 1. The molecule has 0 spiro atoms. The van der Waals surface area contributed by atoms with Crippen LogP contribution in [0.25, 0.3) is 10.2 Å². The smallest absolute Gasteiger partial charge is 0.239 e. The molecule has 1 amide bonds. The molecule has 0 atom stereocenters. The van der Waals surface area contributed by atoms with Gasteiger partial charge in [0.1, 0.15) is 5.75 Å². The molecule has 0 saturated carbocycles. The lowest BCUT2D eigenvalue weighted by molar-refractivity contribution is -0.119. The van der Waals surface area contributed by atoms with Gasteiger partial charge in [0.15, 0.2) is 5.13 Å². The summed E-state index contributed by atoms with van der Waals surface area (Å²) in [6, 6.07) is 15.8. The number of anilines is 1. The van der Waals surface area contributed by atoms with Crippen LogP contribution < -0.4 is 15.0 Å². The number of benzene rings is 2. The maximum absolute atomic E-state index is 12.2. The van der Waals surface area contributed by atoms with E-state index in [0.29, 0.717) is 6.54 Å². The minimum Gasteiger partial charge on any atom is -0.496 e. The van der Waals surface area contributed by atoms with Crippen molar-refractivity contribution in [3.63, 3.8) is 0 Å². The number of rotatable bonds is 7. The van der Waals surface area contributed by atoms with E-state index < -0.39 is 0 Å². The Balaban J connectivity index is 1.51. The number of carbonyl (C=O) groups is 1. The molecule has 130 valence electrons. The molecule has 2 aromatic carbocycles. The molecule has 0 aliphatic heterocycles. The Bertz CT molecular complexity index is 830. The predicted molar refractivity (Wildman–Crippen MR) is 103 cm³/mol. The third kappa shape index (κ3) is 4.28. The van der Waals surface area contributed by atoms with Crippen molar-refractivity contribution >= 4 is 32.6 Å². The molecule has 0 fully saturated rings. The molecule has 1 heterocycles. The van der Waals surface area contributed by atoms with Crippen molar-refractivity contribution in [3.8, 4) is 5.75 Å². The Morgan fingerprint density at radius 1 is 1.20 bits per heavy atom. The first kappa shape index (κ1) is 17.2. The molecular formula is C19H21N3O2S. The summed E-state index contributed by atoms with van der Waals surface area (Å²) >= 11 is 1.59. The summed E-state index contributed by atoms with van der Waals surface area (Å²) in [5, 5.41) is 3.81. The average molecular weight is 355 g/mol. The topological polar surface area (TPSA) is 54.5 Å². The molecule has 6 heteroatoms. The third-order valence-electron chi connectivity index (χ3n) is 3.90. The van der Waals surface area contributed by atoms with E-state index in [1.165, 1.54) is 0 Å². The summed E-state index contributed by atoms with van der Waals surface area (Å²) < 4.78 is 6.45. The van der Waals surface area contributed by atoms with E-state index in [9.17, 15) is 4.79 Å². The number of hydrogen-bond donors (Lipinski definition) is 1. The number of thiazole rings is 1. The fourth-order valence-electron chi connectivity index (χ4n) is 2.61. The summed E-state index contributed by atoms with van der Waals surface area (Å²) in [6.07, 6.45) is 0.737. The number of fused-ring (bicyclic) bond motifs is 1. The number of methoxy groups -OCH3 is 1. The third-order valence-corrected chi connectivity index (χ3v) is 5.05. The Morgan fingerprint density at radius 3 is 2.76 bits per heavy atom. The van der Waals surface area contributed by atoms with Gasteiger partial charge in [0.25, 0.3) is 0 Å². The first-order chi connectivity index (χ1) is 12.2. The van der Waals surface area contributed by atoms with Crippen LogP contribution in [0.4, 0.5) is 5.13 Å². The van der Waals surface area contributed by atoms with Gasteiger partial charge in [-0.25, -0.2) is 4.98 Å². The van der Waals surface area contributed by atoms with E-state index in [0.717, 1.165) is 33.1 Å². The Labute approximate surface area is 151 Å². The van der Waals surface area contributed by atoms with Gasteiger partial charge < -0.3 is 15.0 Å². The summed E-state index contributed by atoms with van der Waals surface area (Å²) in [4.78, 5) is 18.6. The maximum atomic E-state index is 12.2. The molecule has 3 aromatic rings. The Morgan fingerprint density at radius 2 is 1.96 bits per heavy atom. The van der Waals surface area contributed by atoms with Gasteiger partial charge in [-0.05, 0) is 30.2 Å². The second kappa shape index (κ2) is 7.98. The van der Waals surface area contributed by atoms with E-state index >= 15 is 0 Å². The highest BCUT2D eigenvalue weighted by Crippen LogP contribution is 2.27. The first-order valence-corrected chi connectivity index (χ1v) is 8.94. The SMILES string of the molecule is COc1ccccc1CCNC(=O)CN(C)c1nc2ccccc2s1. The zero-order valence-corrected chi connectivity index (χ0v) is 15.2. The number of para-hydroxylation sites is 2. The number of carbonyl (C=O) groups excluding carboxylic acids is 1. The highest BCUT2D eigenvalue weighted by molar-refractivity contribution is 7.22. The first-order valence-electron chi connectivity index (χ1n) is 8.12. The van der Waals surface area contributed by atoms with Gasteiger partial charge in [-0.15, -0.1) is 0 Å². The zero-order valence-electron chi connectivity index (χ0n) is 14.4. The minimum absolute atomic E-state index is 0.0170. The van der Waals surface area contributed by atoms with E-state index in [-0.39, 0.29) is 12.5 Å². The van der Waals surface area contributed by atoms with Crippen molar-refractivity contribution in [3.05, 3.63) is 54.1 Å². The van der Waals surface area contributed by atoms with Crippen molar-refractivity contribution in [2.75, 3.05) is 32.1 Å². The number of nitrogens with zero attached hydrogens (tertiary/aromatic N) is 2. The van der Waals surface area contributed by atoms with E-state index in [1.54, 1.807) is 18.4 Å². The molecule has 0 aliphatic rings. The van der Waals surface area contributed by atoms with Gasteiger partial charge >= 0.3 is 0 Å². The van der Waals surface area contributed by atoms with Crippen LogP contribution in [-0.4, -0.2) is 38.1 Å². The highest BCUT2D eigenvalue weighted by atomic mass is 32.1. The number of amides is 1. The van der Waals surface area contributed by atoms with Crippen molar-refractivity contribution < 1.29 is 9.53 Å². The molecular weight excluding hydrogens is 334 g/mol. The summed E-state index contributed by atoms with van der Waals surface area (Å²) in [5.74, 6) is 0.833. The van der Waals surface area contributed by atoms with Gasteiger partial charge in [0.2, 0.25) is 5.91 Å². The molecule has 0 saturated heterocycles. The number of aromatic nitrogens is 1. The standard InChI is InChI=1S/C19H21N3O2S/c1-22(19-21-15-8-4-6-10-17(15)25-19)13-18(23)20-12-11-14-7-3-5-9-16(14)24-2/h3-10H,11-13H2,1-2H3,(H,20,23). The molecule has 1 N–H and O–H groups in total. The molecule has 0 unspecified atom stereocenters. The van der Waals surface area contributed by atoms with Crippen molar-refractivity contribution in [1.82, 2.24) is 10.3 Å². The minimum atomic E-state index is -0.0170. The highest BCUT2D eigenvalue weighted by Gasteiger charge is 2.12. The second-order valence-corrected chi connectivity index (χ2v) is 6.74. The van der Waals surface area contributed by atoms with E-state index in [1.807, 2.05) is 60.5 Å². The van der Waals surface area contributed by atoms with Gasteiger partial charge in [-0.1, -0.05) is 41.7 Å². The van der Waals surface area contributed by atoms with Gasteiger partial charge in [0, 0.05) is 13.6 Å². The van der Waals surface area contributed by atoms with Crippen molar-refractivity contribution in [1.29, 1.82) is 0 Å². The van der Waals surface area contributed by atoms with Gasteiger partial charge in [-0.3, -0.25) is 4.79 Å². The molecule has 3 rings (SSSR count). The molecule has 1 aromatic heterocycles. The van der Waals surface area contributed by atoms with Crippen LogP contribution in [0.1, 0.15) is 5.56 Å². The number of hydrogen-bond acceptors (Lipinski definition) is 5. The average Bonchev–Trinajstić information content (AvgIpc) is 3.06. The molecule has 0 radical (unpaired) electrons. The largest absolute Gasteiger partial charge is 0.496 e. The van der Waals surface area contributed by atoms with Crippen LogP contribution in [0.3, 0.4) is 0 Å². The molecule has 5 nitrogen and oxygen atoms in total. The summed E-state index contributed by atoms with van der Waals surface area (Å²) in [5.41, 5.74) is 2.05. The van der Waals surface area contributed by atoms with Crippen LogP contribution in [0.5, 0.6) is 5.75 Å².